The summed E-state index contributed by atoms with van der Waals surface area (Å²) in [6.45, 7) is 0.714. The molecule has 1 saturated heterocycles. The molecule has 1 saturated carbocycles. The van der Waals surface area contributed by atoms with Crippen LogP contribution < -0.4 is 20.7 Å². The first-order valence-electron chi connectivity index (χ1n) is 14.4. The summed E-state index contributed by atoms with van der Waals surface area (Å²) in [5, 5.41) is 20.2. The number of carbonyl (C=O) groups is 4. The lowest BCUT2D eigenvalue weighted by Crippen LogP contribution is -2.58. The molecule has 4 atom stereocenters. The van der Waals surface area contributed by atoms with Gasteiger partial charge in [0, 0.05) is 42.4 Å². The Morgan fingerprint density at radius 2 is 1.88 bits per heavy atom. The predicted molar refractivity (Wildman–Crippen MR) is 153 cm³/mol. The minimum atomic E-state index is -1.54. The number of aromatic amines is 1. The molecule has 2 aromatic carbocycles. The number of fused-ring (bicyclic) bond motifs is 2. The van der Waals surface area contributed by atoms with E-state index in [0.29, 0.717) is 24.4 Å². The fourth-order valence-corrected chi connectivity index (χ4v) is 5.97. The zero-order valence-electron chi connectivity index (χ0n) is 23.4. The van der Waals surface area contributed by atoms with Crippen LogP contribution in [0.4, 0.5) is 0 Å². The van der Waals surface area contributed by atoms with E-state index < -0.39 is 35.9 Å². The van der Waals surface area contributed by atoms with Crippen molar-refractivity contribution in [2.75, 3.05) is 13.7 Å². The fraction of sp³-hybridized carbons (Fsp3) is 0.419. The third-order valence-electron chi connectivity index (χ3n) is 8.49. The van der Waals surface area contributed by atoms with Gasteiger partial charge in [0.2, 0.25) is 11.8 Å². The van der Waals surface area contributed by atoms with Crippen LogP contribution in [0, 0.1) is 5.92 Å². The molecule has 2 aliphatic heterocycles. The van der Waals surface area contributed by atoms with Gasteiger partial charge in [-0.2, -0.15) is 0 Å². The number of H-pyrrole nitrogens is 1. The summed E-state index contributed by atoms with van der Waals surface area (Å²) >= 11 is 0. The van der Waals surface area contributed by atoms with Gasteiger partial charge in [0.25, 0.3) is 11.8 Å². The largest absolute Gasteiger partial charge is 0.496 e. The lowest BCUT2D eigenvalue weighted by atomic mass is 9.91. The number of ether oxygens (including phenoxy) is 1. The second-order valence-corrected chi connectivity index (χ2v) is 11.4. The Labute approximate surface area is 243 Å². The number of nitrogens with one attached hydrogen (secondary N) is 4. The lowest BCUT2D eigenvalue weighted by molar-refractivity contribution is -0.135. The number of amides is 4. The molecule has 0 radical (unpaired) electrons. The van der Waals surface area contributed by atoms with Crippen molar-refractivity contribution in [3.8, 4) is 5.75 Å². The zero-order chi connectivity index (χ0) is 29.4. The Balaban J connectivity index is 1.28. The van der Waals surface area contributed by atoms with Gasteiger partial charge in [-0.25, -0.2) is 0 Å². The lowest BCUT2D eigenvalue weighted by Gasteiger charge is -2.37. The average Bonchev–Trinajstić information content (AvgIpc) is 3.55. The number of hydrogen-bond acceptors (Lipinski definition) is 6. The predicted octanol–water partition coefficient (Wildman–Crippen LogP) is 1.39. The van der Waals surface area contributed by atoms with Crippen LogP contribution in [0.5, 0.6) is 5.75 Å². The molecule has 0 bridgehead atoms. The van der Waals surface area contributed by atoms with E-state index in [1.165, 1.54) is 4.90 Å². The fourth-order valence-electron chi connectivity index (χ4n) is 5.97. The van der Waals surface area contributed by atoms with Crippen LogP contribution in [0.3, 0.4) is 0 Å². The third-order valence-corrected chi connectivity index (χ3v) is 8.49. The SMILES string of the molecule is COc1cccc2[nH]c(C(=O)N3Cc4ccccc4C[C@H]3C(=O)N[C@@H](C[C@@H]3CCNC3=O)C(O)C(=O)NC3CC3)cc12. The smallest absolute Gasteiger partial charge is 0.271 e. The van der Waals surface area contributed by atoms with Gasteiger partial charge in [-0.05, 0) is 55.0 Å². The van der Waals surface area contributed by atoms with Crippen LogP contribution in [-0.2, 0) is 27.3 Å². The maximum atomic E-state index is 14.0. The van der Waals surface area contributed by atoms with E-state index in [4.69, 9.17) is 4.74 Å². The van der Waals surface area contributed by atoms with E-state index in [0.717, 1.165) is 34.9 Å². The van der Waals surface area contributed by atoms with Crippen molar-refractivity contribution >= 4 is 34.5 Å². The van der Waals surface area contributed by atoms with E-state index in [9.17, 15) is 24.3 Å². The molecule has 3 aromatic rings. The summed E-state index contributed by atoms with van der Waals surface area (Å²) < 4.78 is 5.45. The average molecular weight is 574 g/mol. The molecule has 0 spiro atoms. The third kappa shape index (κ3) is 5.56. The molecular weight excluding hydrogens is 538 g/mol. The normalized spacial score (nSPS) is 21.3. The minimum absolute atomic E-state index is 0.0242. The number of aliphatic hydroxyl groups is 1. The first-order valence-corrected chi connectivity index (χ1v) is 14.4. The van der Waals surface area contributed by atoms with Crippen molar-refractivity contribution in [1.29, 1.82) is 0 Å². The highest BCUT2D eigenvalue weighted by molar-refractivity contribution is 6.02. The van der Waals surface area contributed by atoms with Crippen LogP contribution in [0.1, 0.15) is 47.3 Å². The second-order valence-electron chi connectivity index (χ2n) is 11.4. The molecule has 4 amide bonds. The summed E-state index contributed by atoms with van der Waals surface area (Å²) in [6.07, 6.45) is 1.07. The van der Waals surface area contributed by atoms with Crippen LogP contribution in [0.2, 0.25) is 0 Å². The highest BCUT2D eigenvalue weighted by Crippen LogP contribution is 2.30. The van der Waals surface area contributed by atoms with E-state index in [-0.39, 0.29) is 37.2 Å². The van der Waals surface area contributed by atoms with Crippen molar-refractivity contribution in [1.82, 2.24) is 25.8 Å². The van der Waals surface area contributed by atoms with Crippen LogP contribution in [0.15, 0.2) is 48.5 Å². The number of benzene rings is 2. The number of methoxy groups -OCH3 is 1. The molecule has 3 heterocycles. The maximum Gasteiger partial charge on any atom is 0.271 e. The van der Waals surface area contributed by atoms with E-state index in [1.807, 2.05) is 42.5 Å². The molecule has 2 fully saturated rings. The van der Waals surface area contributed by atoms with Gasteiger partial charge in [-0.1, -0.05) is 30.3 Å². The molecule has 1 aliphatic carbocycles. The highest BCUT2D eigenvalue weighted by atomic mass is 16.5. The molecule has 5 N–H and O–H groups in total. The number of rotatable bonds is 9. The summed E-state index contributed by atoms with van der Waals surface area (Å²) in [5.74, 6) is -1.41. The van der Waals surface area contributed by atoms with Gasteiger partial charge in [-0.15, -0.1) is 0 Å². The van der Waals surface area contributed by atoms with Crippen molar-refractivity contribution < 1.29 is 29.0 Å². The van der Waals surface area contributed by atoms with E-state index >= 15 is 0 Å². The Kier molecular flexibility index (Phi) is 7.59. The molecular formula is C31H35N5O6. The highest BCUT2D eigenvalue weighted by Gasteiger charge is 2.40. The molecule has 3 aliphatic rings. The molecule has 1 unspecified atom stereocenters. The standard InChI is InChI=1S/C31H35N5O6/c1-42-26-8-4-7-22-21(26)15-24(34-22)31(41)36-16-19-6-3-2-5-17(19)14-25(36)29(39)35-23(13-18-11-12-32-28(18)38)27(37)30(40)33-20-9-10-20/h2-8,15,18,20,23,25,27,34,37H,9-14,16H2,1H3,(H,32,38)(H,33,40)(H,35,39)/t18-,23-,25-,27?/m0/s1. The first kappa shape index (κ1) is 27.8. The Morgan fingerprint density at radius 1 is 1.10 bits per heavy atom. The van der Waals surface area contributed by atoms with E-state index in [1.54, 1.807) is 13.2 Å². The summed E-state index contributed by atoms with van der Waals surface area (Å²) in [6, 6.07) is 13.0. The van der Waals surface area contributed by atoms with E-state index in [2.05, 4.69) is 20.9 Å². The summed E-state index contributed by atoms with van der Waals surface area (Å²) in [5.41, 5.74) is 2.93. The number of hydrogen-bond donors (Lipinski definition) is 5. The maximum absolute atomic E-state index is 14.0. The van der Waals surface area contributed by atoms with Crippen LogP contribution >= 0.6 is 0 Å². The van der Waals surface area contributed by atoms with Crippen molar-refractivity contribution in [2.24, 2.45) is 5.92 Å². The van der Waals surface area contributed by atoms with Gasteiger partial charge in [0.1, 0.15) is 17.5 Å². The zero-order valence-corrected chi connectivity index (χ0v) is 23.4. The van der Waals surface area contributed by atoms with Gasteiger partial charge in [0.15, 0.2) is 6.10 Å². The molecule has 42 heavy (non-hydrogen) atoms. The number of nitrogens with zero attached hydrogens (tertiary/aromatic N) is 1. The topological polar surface area (TPSA) is 153 Å². The monoisotopic (exact) mass is 573 g/mol. The second kappa shape index (κ2) is 11.5. The molecule has 11 heteroatoms. The van der Waals surface area contributed by atoms with Crippen molar-refractivity contribution in [2.45, 2.75) is 62.9 Å². The van der Waals surface area contributed by atoms with Gasteiger partial charge < -0.3 is 35.7 Å². The Hall–Kier alpha value is -4.38. The van der Waals surface area contributed by atoms with Gasteiger partial charge in [-0.3, -0.25) is 19.2 Å². The molecule has 6 rings (SSSR count). The molecule has 11 nitrogen and oxygen atoms in total. The summed E-state index contributed by atoms with van der Waals surface area (Å²) in [4.78, 5) is 57.8. The summed E-state index contributed by atoms with van der Waals surface area (Å²) in [7, 11) is 1.57. The molecule has 1 aromatic heterocycles. The number of carbonyl (C=O) groups excluding carboxylic acids is 4. The van der Waals surface area contributed by atoms with Gasteiger partial charge in [0.05, 0.1) is 13.2 Å². The molecule has 220 valence electrons. The Bertz CT molecular complexity index is 1530. The minimum Gasteiger partial charge on any atom is -0.496 e. The quantitative estimate of drug-likeness (QED) is 0.261. The van der Waals surface area contributed by atoms with Crippen molar-refractivity contribution in [3.05, 3.63) is 65.4 Å². The Morgan fingerprint density at radius 3 is 2.60 bits per heavy atom. The van der Waals surface area contributed by atoms with Crippen LogP contribution in [0.25, 0.3) is 10.9 Å². The number of aliphatic hydroxyl groups excluding tert-OH is 1. The van der Waals surface area contributed by atoms with Gasteiger partial charge >= 0.3 is 0 Å². The van der Waals surface area contributed by atoms with Crippen molar-refractivity contribution in [3.63, 3.8) is 0 Å². The first-order chi connectivity index (χ1) is 20.3. The van der Waals surface area contributed by atoms with Crippen LogP contribution in [-0.4, -0.2) is 76.5 Å². The number of aromatic nitrogens is 1.